The molecule has 2 amide bonds. The van der Waals surface area contributed by atoms with E-state index < -0.39 is 0 Å². The van der Waals surface area contributed by atoms with Crippen LogP contribution in [-0.2, 0) is 0 Å². The zero-order chi connectivity index (χ0) is 20.0. The van der Waals surface area contributed by atoms with Crippen molar-refractivity contribution < 1.29 is 4.79 Å². The number of carbonyl (C=O) groups is 1. The number of likely N-dealkylation sites (N-methyl/N-ethyl adjacent to an activating group) is 2. The Morgan fingerprint density at radius 3 is 2.61 bits per heavy atom. The molecule has 28 heavy (non-hydrogen) atoms. The number of hydrogen-bond donors (Lipinski definition) is 1. The molecule has 5 nitrogen and oxygen atoms in total. The first-order chi connectivity index (χ1) is 13.4. The van der Waals surface area contributed by atoms with Gasteiger partial charge in [0.05, 0.1) is 0 Å². The predicted molar refractivity (Wildman–Crippen MR) is 117 cm³/mol. The lowest BCUT2D eigenvalue weighted by molar-refractivity contribution is 0.204. The molecule has 0 radical (unpaired) electrons. The highest BCUT2D eigenvalue weighted by Crippen LogP contribution is 2.36. The van der Waals surface area contributed by atoms with E-state index in [-0.39, 0.29) is 12.1 Å². The van der Waals surface area contributed by atoms with Gasteiger partial charge in [-0.25, -0.2) is 4.79 Å². The van der Waals surface area contributed by atoms with E-state index >= 15 is 0 Å². The van der Waals surface area contributed by atoms with Gasteiger partial charge in [0.15, 0.2) is 0 Å². The summed E-state index contributed by atoms with van der Waals surface area (Å²) in [5.74, 6) is 0. The summed E-state index contributed by atoms with van der Waals surface area (Å²) in [6.07, 6.45) is 1.03. The minimum absolute atomic E-state index is 0.0321. The quantitative estimate of drug-likeness (QED) is 0.708. The second-order valence-corrected chi connectivity index (χ2v) is 8.36. The first kappa shape index (κ1) is 18.8. The maximum Gasteiger partial charge on any atom is 0.321 e. The van der Waals surface area contributed by atoms with Crippen LogP contribution in [0.4, 0.5) is 10.5 Å². The van der Waals surface area contributed by atoms with E-state index in [1.807, 2.05) is 18.0 Å². The van der Waals surface area contributed by atoms with Gasteiger partial charge in [-0.3, -0.25) is 0 Å². The van der Waals surface area contributed by atoms with Gasteiger partial charge in [0, 0.05) is 53.2 Å². The van der Waals surface area contributed by atoms with E-state index in [9.17, 15) is 4.79 Å². The van der Waals surface area contributed by atoms with Gasteiger partial charge >= 0.3 is 6.03 Å². The Morgan fingerprint density at radius 1 is 1.18 bits per heavy atom. The number of fused-ring (bicyclic) bond motifs is 3. The molecule has 1 fully saturated rings. The third kappa shape index (κ3) is 3.04. The Morgan fingerprint density at radius 2 is 1.93 bits per heavy atom. The van der Waals surface area contributed by atoms with Gasteiger partial charge in [-0.15, -0.1) is 0 Å². The molecule has 3 aromatic rings. The Bertz CT molecular complexity index is 1040. The van der Waals surface area contributed by atoms with E-state index in [0.717, 1.165) is 30.8 Å². The highest BCUT2D eigenvalue weighted by atomic mass is 16.2. The molecule has 0 aliphatic carbocycles. The summed E-state index contributed by atoms with van der Waals surface area (Å²) in [7, 11) is 4.01. The summed E-state index contributed by atoms with van der Waals surface area (Å²) in [5, 5.41) is 5.62. The zero-order valence-electron chi connectivity index (χ0n) is 17.5. The highest BCUT2D eigenvalue weighted by Gasteiger charge is 2.27. The van der Waals surface area contributed by atoms with Gasteiger partial charge in [-0.1, -0.05) is 18.2 Å². The minimum Gasteiger partial charge on any atom is -0.338 e. The third-order valence-electron chi connectivity index (χ3n) is 6.13. The SMILES string of the molecule is Cc1c(NC(=O)N(C)C2CCN(C)C2)ccc2c1c1ccccc1n2C(C)C. The van der Waals surface area contributed by atoms with Gasteiger partial charge in [0.2, 0.25) is 0 Å². The van der Waals surface area contributed by atoms with Crippen molar-refractivity contribution in [2.24, 2.45) is 0 Å². The number of amides is 2. The van der Waals surface area contributed by atoms with Crippen molar-refractivity contribution >= 4 is 33.5 Å². The summed E-state index contributed by atoms with van der Waals surface area (Å²) in [4.78, 5) is 17.0. The number of aromatic nitrogens is 1. The molecule has 4 rings (SSSR count). The number of carbonyl (C=O) groups excluding carboxylic acids is 1. The fourth-order valence-corrected chi connectivity index (χ4v) is 4.55. The number of benzene rings is 2. The van der Waals surface area contributed by atoms with Crippen molar-refractivity contribution in [3.05, 3.63) is 42.0 Å². The van der Waals surface area contributed by atoms with Crippen molar-refractivity contribution in [2.75, 3.05) is 32.5 Å². The van der Waals surface area contributed by atoms with Crippen LogP contribution in [0, 0.1) is 6.92 Å². The van der Waals surface area contributed by atoms with Gasteiger partial charge in [-0.2, -0.15) is 0 Å². The van der Waals surface area contributed by atoms with Crippen LogP contribution in [0.25, 0.3) is 21.8 Å². The minimum atomic E-state index is -0.0321. The fourth-order valence-electron chi connectivity index (χ4n) is 4.55. The lowest BCUT2D eigenvalue weighted by Gasteiger charge is -2.25. The van der Waals surface area contributed by atoms with E-state index in [4.69, 9.17) is 0 Å². The molecule has 2 heterocycles. The monoisotopic (exact) mass is 378 g/mol. The molecule has 1 aliphatic rings. The maximum atomic E-state index is 12.9. The third-order valence-corrected chi connectivity index (χ3v) is 6.13. The average molecular weight is 379 g/mol. The second-order valence-electron chi connectivity index (χ2n) is 8.36. The standard InChI is InChI=1S/C23H30N4O/c1-15(2)27-20-9-7-6-8-18(20)22-16(3)19(10-11-21(22)27)24-23(28)26(5)17-12-13-25(4)14-17/h6-11,15,17H,12-14H2,1-5H3,(H,24,28). The number of likely N-dealkylation sites (tertiary alicyclic amines) is 1. The lowest BCUT2D eigenvalue weighted by Crippen LogP contribution is -2.41. The number of aryl methyl sites for hydroxylation is 1. The number of hydrogen-bond acceptors (Lipinski definition) is 2. The van der Waals surface area contributed by atoms with E-state index in [0.29, 0.717) is 6.04 Å². The van der Waals surface area contributed by atoms with Crippen LogP contribution in [0.5, 0.6) is 0 Å². The molecular formula is C23H30N4O. The Kier molecular flexibility index (Phi) is 4.79. The molecule has 1 aromatic heterocycles. The second kappa shape index (κ2) is 7.13. The summed E-state index contributed by atoms with van der Waals surface area (Å²) < 4.78 is 2.38. The Labute approximate surface area is 166 Å². The number of anilines is 1. The smallest absolute Gasteiger partial charge is 0.321 e. The van der Waals surface area contributed by atoms with Crippen molar-refractivity contribution in [3.8, 4) is 0 Å². The molecule has 0 bridgehead atoms. The van der Waals surface area contributed by atoms with Gasteiger partial charge in [0.25, 0.3) is 0 Å². The number of rotatable bonds is 3. The highest BCUT2D eigenvalue weighted by molar-refractivity contribution is 6.12. The van der Waals surface area contributed by atoms with E-state index in [2.05, 4.69) is 72.9 Å². The fraction of sp³-hybridized carbons (Fsp3) is 0.435. The Hall–Kier alpha value is -2.53. The summed E-state index contributed by atoms with van der Waals surface area (Å²) >= 11 is 0. The average Bonchev–Trinajstić information content (AvgIpc) is 3.24. The predicted octanol–water partition coefficient (Wildman–Crippen LogP) is 4.85. The van der Waals surface area contributed by atoms with Gasteiger partial charge in [0.1, 0.15) is 0 Å². The molecule has 1 saturated heterocycles. The summed E-state index contributed by atoms with van der Waals surface area (Å²) in [5.41, 5.74) is 4.48. The van der Waals surface area contributed by atoms with Crippen LogP contribution >= 0.6 is 0 Å². The molecule has 0 spiro atoms. The number of para-hydroxylation sites is 1. The van der Waals surface area contributed by atoms with Crippen LogP contribution in [-0.4, -0.2) is 53.6 Å². The van der Waals surface area contributed by atoms with Crippen molar-refractivity contribution in [1.29, 1.82) is 0 Å². The molecule has 1 unspecified atom stereocenters. The number of nitrogens with zero attached hydrogens (tertiary/aromatic N) is 3. The molecule has 1 atom stereocenters. The Balaban J connectivity index is 1.72. The van der Waals surface area contributed by atoms with Crippen LogP contribution < -0.4 is 5.32 Å². The van der Waals surface area contributed by atoms with Crippen molar-refractivity contribution in [3.63, 3.8) is 0 Å². The van der Waals surface area contributed by atoms with E-state index in [1.165, 1.54) is 21.8 Å². The summed E-state index contributed by atoms with van der Waals surface area (Å²) in [6.45, 7) is 8.51. The molecular weight excluding hydrogens is 348 g/mol. The van der Waals surface area contributed by atoms with Crippen LogP contribution in [0.15, 0.2) is 36.4 Å². The normalized spacial score (nSPS) is 17.7. The molecule has 1 aliphatic heterocycles. The first-order valence-electron chi connectivity index (χ1n) is 10.1. The summed E-state index contributed by atoms with van der Waals surface area (Å²) in [6, 6.07) is 13.3. The number of nitrogens with one attached hydrogen (secondary N) is 1. The molecule has 2 aromatic carbocycles. The van der Waals surface area contributed by atoms with Gasteiger partial charge in [-0.05, 0) is 64.5 Å². The van der Waals surface area contributed by atoms with Crippen molar-refractivity contribution in [1.82, 2.24) is 14.4 Å². The molecule has 148 valence electrons. The molecule has 1 N–H and O–H groups in total. The largest absolute Gasteiger partial charge is 0.338 e. The van der Waals surface area contributed by atoms with E-state index in [1.54, 1.807) is 0 Å². The molecule has 0 saturated carbocycles. The van der Waals surface area contributed by atoms with Gasteiger partial charge < -0.3 is 19.7 Å². The maximum absolute atomic E-state index is 12.9. The van der Waals surface area contributed by atoms with Crippen LogP contribution in [0.2, 0.25) is 0 Å². The topological polar surface area (TPSA) is 40.5 Å². The lowest BCUT2D eigenvalue weighted by atomic mass is 10.1. The number of urea groups is 1. The zero-order valence-corrected chi connectivity index (χ0v) is 17.5. The molecule has 5 heteroatoms. The van der Waals surface area contributed by atoms with Crippen LogP contribution in [0.3, 0.4) is 0 Å². The van der Waals surface area contributed by atoms with Crippen molar-refractivity contribution in [2.45, 2.75) is 39.3 Å². The first-order valence-corrected chi connectivity index (χ1v) is 10.1. The van der Waals surface area contributed by atoms with Crippen LogP contribution in [0.1, 0.15) is 31.9 Å².